The van der Waals surface area contributed by atoms with Gasteiger partial charge in [0, 0.05) is 39.8 Å². The highest BCUT2D eigenvalue weighted by atomic mass is 127. The largest absolute Gasteiger partial charge is 0.354 e. The van der Waals surface area contributed by atoms with Crippen molar-refractivity contribution in [2.24, 2.45) is 12.0 Å². The second-order valence-corrected chi connectivity index (χ2v) is 7.91. The smallest absolute Gasteiger partial charge is 0.191 e. The SMILES string of the molecule is CN=C(NCc1nnc(C)n1C)NC1CCN(Cc2ccc(Cl)c(Cl)c2)CC1.I. The van der Waals surface area contributed by atoms with E-state index < -0.39 is 0 Å². The van der Waals surface area contributed by atoms with E-state index in [1.165, 1.54) is 5.56 Å². The van der Waals surface area contributed by atoms with Gasteiger partial charge in [0.05, 0.1) is 16.6 Å². The number of piperidine rings is 1. The number of halogens is 3. The molecule has 2 aromatic rings. The monoisotopic (exact) mass is 551 g/mol. The maximum Gasteiger partial charge on any atom is 0.191 e. The molecule has 1 aliphatic heterocycles. The Kier molecular flexibility index (Phi) is 9.45. The Labute approximate surface area is 199 Å². The number of hydrogen-bond acceptors (Lipinski definition) is 4. The molecular formula is C19H28Cl2IN7. The van der Waals surface area contributed by atoms with Crippen molar-refractivity contribution in [2.75, 3.05) is 20.1 Å². The maximum absolute atomic E-state index is 6.12. The zero-order valence-corrected chi connectivity index (χ0v) is 20.8. The first kappa shape index (κ1) is 24.2. The van der Waals surface area contributed by atoms with E-state index in [2.05, 4.69) is 30.7 Å². The van der Waals surface area contributed by atoms with Gasteiger partial charge in [-0.1, -0.05) is 29.3 Å². The molecule has 2 N–H and O–H groups in total. The normalized spacial score (nSPS) is 15.8. The van der Waals surface area contributed by atoms with Crippen LogP contribution in [0, 0.1) is 6.92 Å². The van der Waals surface area contributed by atoms with Gasteiger partial charge in [-0.3, -0.25) is 9.89 Å². The third kappa shape index (κ3) is 6.70. The number of hydrogen-bond donors (Lipinski definition) is 2. The summed E-state index contributed by atoms with van der Waals surface area (Å²) in [5, 5.41) is 16.3. The number of aliphatic imine (C=N–C) groups is 1. The van der Waals surface area contributed by atoms with E-state index in [-0.39, 0.29) is 24.0 Å². The predicted octanol–water partition coefficient (Wildman–Crippen LogP) is 3.38. The van der Waals surface area contributed by atoms with E-state index in [4.69, 9.17) is 23.2 Å². The average Bonchev–Trinajstić information content (AvgIpc) is 3.01. The van der Waals surface area contributed by atoms with E-state index in [0.717, 1.165) is 50.1 Å². The van der Waals surface area contributed by atoms with Gasteiger partial charge in [0.25, 0.3) is 0 Å². The van der Waals surface area contributed by atoms with E-state index in [9.17, 15) is 0 Å². The van der Waals surface area contributed by atoms with Gasteiger partial charge in [-0.15, -0.1) is 34.2 Å². The van der Waals surface area contributed by atoms with Crippen molar-refractivity contribution >= 4 is 53.1 Å². The number of guanidine groups is 1. The molecule has 7 nitrogen and oxygen atoms in total. The highest BCUT2D eigenvalue weighted by molar-refractivity contribution is 14.0. The quantitative estimate of drug-likeness (QED) is 0.339. The molecule has 0 radical (unpaired) electrons. The minimum absolute atomic E-state index is 0. The van der Waals surface area contributed by atoms with Crippen LogP contribution in [0.5, 0.6) is 0 Å². The van der Waals surface area contributed by atoms with Gasteiger partial charge in [0.2, 0.25) is 0 Å². The maximum atomic E-state index is 6.12. The number of aromatic nitrogens is 3. The molecule has 1 fully saturated rings. The molecule has 0 aliphatic carbocycles. The topological polar surface area (TPSA) is 70.4 Å². The van der Waals surface area contributed by atoms with Gasteiger partial charge < -0.3 is 15.2 Å². The highest BCUT2D eigenvalue weighted by Gasteiger charge is 2.20. The molecule has 1 saturated heterocycles. The van der Waals surface area contributed by atoms with E-state index >= 15 is 0 Å². The van der Waals surface area contributed by atoms with Gasteiger partial charge in [0.1, 0.15) is 5.82 Å². The van der Waals surface area contributed by atoms with Crippen molar-refractivity contribution in [1.82, 2.24) is 30.3 Å². The molecule has 160 valence electrons. The first-order chi connectivity index (χ1) is 13.5. The molecular weight excluding hydrogens is 524 g/mol. The molecule has 3 rings (SSSR count). The summed E-state index contributed by atoms with van der Waals surface area (Å²) in [7, 11) is 3.75. The van der Waals surface area contributed by atoms with Crippen LogP contribution in [-0.4, -0.2) is 51.8 Å². The Bertz CT molecular complexity index is 832. The fraction of sp³-hybridized carbons (Fsp3) is 0.526. The number of benzene rings is 1. The van der Waals surface area contributed by atoms with Gasteiger partial charge in [-0.25, -0.2) is 0 Å². The fourth-order valence-corrected chi connectivity index (χ4v) is 3.61. The third-order valence-corrected chi connectivity index (χ3v) is 5.88. The molecule has 0 saturated carbocycles. The number of nitrogens with one attached hydrogen (secondary N) is 2. The Morgan fingerprint density at radius 1 is 1.21 bits per heavy atom. The molecule has 10 heteroatoms. The Balaban J connectivity index is 0.00000300. The van der Waals surface area contributed by atoms with Crippen molar-refractivity contribution < 1.29 is 0 Å². The lowest BCUT2D eigenvalue weighted by atomic mass is 10.0. The van der Waals surface area contributed by atoms with Crippen LogP contribution < -0.4 is 10.6 Å². The molecule has 0 spiro atoms. The summed E-state index contributed by atoms with van der Waals surface area (Å²) in [6, 6.07) is 6.26. The standard InChI is InChI=1S/C19H27Cl2N7.HI/c1-13-25-26-18(27(13)3)11-23-19(22-2)24-15-6-8-28(9-7-15)12-14-4-5-16(20)17(21)10-14;/h4-5,10,15H,6-9,11-12H2,1-3H3,(H2,22,23,24);1H. The summed E-state index contributed by atoms with van der Waals surface area (Å²) >= 11 is 12.1. The summed E-state index contributed by atoms with van der Waals surface area (Å²) in [5.41, 5.74) is 1.19. The lowest BCUT2D eigenvalue weighted by Crippen LogP contribution is -2.48. The molecule has 0 amide bonds. The lowest BCUT2D eigenvalue weighted by Gasteiger charge is -2.33. The van der Waals surface area contributed by atoms with E-state index in [1.54, 1.807) is 7.05 Å². The summed E-state index contributed by atoms with van der Waals surface area (Å²) < 4.78 is 1.97. The van der Waals surface area contributed by atoms with Gasteiger partial charge >= 0.3 is 0 Å². The minimum atomic E-state index is 0. The van der Waals surface area contributed by atoms with Crippen molar-refractivity contribution in [1.29, 1.82) is 0 Å². The Morgan fingerprint density at radius 3 is 2.52 bits per heavy atom. The van der Waals surface area contributed by atoms with Crippen LogP contribution in [-0.2, 0) is 20.1 Å². The minimum Gasteiger partial charge on any atom is -0.354 e. The number of aryl methyl sites for hydroxylation is 1. The molecule has 29 heavy (non-hydrogen) atoms. The van der Waals surface area contributed by atoms with Gasteiger partial charge in [0.15, 0.2) is 11.8 Å². The fourth-order valence-electron chi connectivity index (χ4n) is 3.29. The molecule has 1 aromatic heterocycles. The Hall–Kier alpha value is -1.10. The molecule has 0 unspecified atom stereocenters. The van der Waals surface area contributed by atoms with Crippen molar-refractivity contribution in [3.05, 3.63) is 45.5 Å². The molecule has 2 heterocycles. The predicted molar refractivity (Wildman–Crippen MR) is 129 cm³/mol. The van der Waals surface area contributed by atoms with Crippen LogP contribution in [0.3, 0.4) is 0 Å². The zero-order chi connectivity index (χ0) is 20.1. The Morgan fingerprint density at radius 2 is 1.93 bits per heavy atom. The van der Waals surface area contributed by atoms with Crippen LogP contribution in [0.1, 0.15) is 30.1 Å². The van der Waals surface area contributed by atoms with Crippen LogP contribution in [0.15, 0.2) is 23.2 Å². The highest BCUT2D eigenvalue weighted by Crippen LogP contribution is 2.24. The second-order valence-electron chi connectivity index (χ2n) is 7.09. The second kappa shape index (κ2) is 11.3. The van der Waals surface area contributed by atoms with Gasteiger partial charge in [-0.2, -0.15) is 0 Å². The molecule has 0 bridgehead atoms. The van der Waals surface area contributed by atoms with Crippen LogP contribution in [0.2, 0.25) is 10.0 Å². The van der Waals surface area contributed by atoms with E-state index in [1.807, 2.05) is 36.7 Å². The zero-order valence-electron chi connectivity index (χ0n) is 17.0. The van der Waals surface area contributed by atoms with Gasteiger partial charge in [-0.05, 0) is 37.5 Å². The molecule has 1 aromatic carbocycles. The van der Waals surface area contributed by atoms with Crippen LogP contribution in [0.25, 0.3) is 0 Å². The number of rotatable bonds is 5. The third-order valence-electron chi connectivity index (χ3n) is 5.14. The molecule has 0 atom stereocenters. The van der Waals surface area contributed by atoms with Crippen molar-refractivity contribution in [3.8, 4) is 0 Å². The number of nitrogens with zero attached hydrogens (tertiary/aromatic N) is 5. The molecule has 1 aliphatic rings. The summed E-state index contributed by atoms with van der Waals surface area (Å²) in [6.45, 7) is 5.47. The lowest BCUT2D eigenvalue weighted by molar-refractivity contribution is 0.198. The van der Waals surface area contributed by atoms with Crippen molar-refractivity contribution in [3.63, 3.8) is 0 Å². The summed E-state index contributed by atoms with van der Waals surface area (Å²) in [5.74, 6) is 2.58. The van der Waals surface area contributed by atoms with E-state index in [0.29, 0.717) is 22.6 Å². The van der Waals surface area contributed by atoms with Crippen molar-refractivity contribution in [2.45, 2.75) is 38.9 Å². The summed E-state index contributed by atoms with van der Waals surface area (Å²) in [4.78, 5) is 6.78. The first-order valence-corrected chi connectivity index (χ1v) is 10.2. The average molecular weight is 552 g/mol. The van der Waals surface area contributed by atoms with Crippen LogP contribution >= 0.6 is 47.2 Å². The van der Waals surface area contributed by atoms with Crippen LogP contribution in [0.4, 0.5) is 0 Å². The number of likely N-dealkylation sites (tertiary alicyclic amines) is 1. The first-order valence-electron chi connectivity index (χ1n) is 9.44. The summed E-state index contributed by atoms with van der Waals surface area (Å²) in [6.07, 6.45) is 2.12.